The molecule has 2 fully saturated rings. The Morgan fingerprint density at radius 2 is 2.29 bits per heavy atom. The van der Waals surface area contributed by atoms with Gasteiger partial charge in [0.15, 0.2) is 0 Å². The highest BCUT2D eigenvalue weighted by Gasteiger charge is 2.46. The van der Waals surface area contributed by atoms with Crippen molar-refractivity contribution >= 4 is 16.8 Å². The minimum Gasteiger partial charge on any atom is -0.469 e. The predicted molar refractivity (Wildman–Crippen MR) is 65.2 cm³/mol. The molecule has 0 aromatic rings. The van der Waals surface area contributed by atoms with Gasteiger partial charge in [0.2, 0.25) is 0 Å². The van der Waals surface area contributed by atoms with Crippen LogP contribution in [0.5, 0.6) is 0 Å². The molecule has 0 spiro atoms. The van der Waals surface area contributed by atoms with Crippen LogP contribution in [0.25, 0.3) is 0 Å². The third-order valence-corrected chi connectivity index (χ3v) is 5.66. The van der Waals surface area contributed by atoms with Crippen molar-refractivity contribution in [1.82, 2.24) is 0 Å². The average molecular weight is 260 g/mol. The lowest BCUT2D eigenvalue weighted by atomic mass is 10.1. The number of carbonyl (C=O) groups is 1. The van der Waals surface area contributed by atoms with Crippen molar-refractivity contribution in [3.8, 4) is 0 Å². The van der Waals surface area contributed by atoms with E-state index in [9.17, 15) is 9.00 Å². The van der Waals surface area contributed by atoms with Crippen LogP contribution < -0.4 is 0 Å². The van der Waals surface area contributed by atoms with E-state index in [1.807, 2.05) is 0 Å². The normalized spacial score (nSPS) is 28.4. The van der Waals surface area contributed by atoms with Gasteiger partial charge in [-0.05, 0) is 31.1 Å². The molecule has 1 saturated heterocycles. The maximum Gasteiger partial charge on any atom is 0.306 e. The van der Waals surface area contributed by atoms with E-state index in [1.165, 1.54) is 7.11 Å². The summed E-state index contributed by atoms with van der Waals surface area (Å²) in [7, 11) is 0.543. The van der Waals surface area contributed by atoms with Crippen LogP contribution in [0.4, 0.5) is 0 Å². The van der Waals surface area contributed by atoms with Gasteiger partial charge in [-0.15, -0.1) is 0 Å². The first-order valence-corrected chi connectivity index (χ1v) is 7.55. The summed E-state index contributed by atoms with van der Waals surface area (Å²) in [4.78, 5) is 11.3. The first-order valence-electron chi connectivity index (χ1n) is 6.17. The molecule has 2 atom stereocenters. The molecule has 0 N–H and O–H groups in total. The van der Waals surface area contributed by atoms with Gasteiger partial charge in [0.25, 0.3) is 0 Å². The molecular formula is C12H20O4S. The number of hydrogen-bond acceptors (Lipinski definition) is 4. The summed E-state index contributed by atoms with van der Waals surface area (Å²) in [6.45, 7) is 1.40. The zero-order valence-corrected chi connectivity index (χ0v) is 11.1. The summed E-state index contributed by atoms with van der Waals surface area (Å²) in [6.07, 6.45) is 4.41. The Bertz CT molecular complexity index is 306. The van der Waals surface area contributed by atoms with Crippen molar-refractivity contribution in [2.45, 2.75) is 37.4 Å². The molecule has 17 heavy (non-hydrogen) atoms. The molecule has 0 aromatic heterocycles. The Hall–Kier alpha value is -0.420. The van der Waals surface area contributed by atoms with Crippen molar-refractivity contribution in [2.75, 3.05) is 26.1 Å². The third-order valence-electron chi connectivity index (χ3n) is 3.64. The monoisotopic (exact) mass is 260 g/mol. The Morgan fingerprint density at radius 1 is 1.53 bits per heavy atom. The molecular weight excluding hydrogens is 240 g/mol. The zero-order chi connectivity index (χ0) is 12.3. The summed E-state index contributed by atoms with van der Waals surface area (Å²) >= 11 is 0. The number of esters is 1. The predicted octanol–water partition coefficient (Wildman–Crippen LogP) is 1.26. The number of methoxy groups -OCH3 is 1. The van der Waals surface area contributed by atoms with Crippen LogP contribution in [0.2, 0.25) is 0 Å². The molecule has 98 valence electrons. The molecule has 0 amide bonds. The summed E-state index contributed by atoms with van der Waals surface area (Å²) in [5, 5.41) is 0.166. The van der Waals surface area contributed by atoms with E-state index in [1.54, 1.807) is 0 Å². The third kappa shape index (κ3) is 3.52. The largest absolute Gasteiger partial charge is 0.469 e. The topological polar surface area (TPSA) is 52.6 Å². The van der Waals surface area contributed by atoms with Crippen LogP contribution in [-0.4, -0.2) is 41.5 Å². The standard InChI is InChI=1S/C12H20O4S/c1-15-11(13)7-12(4-5-12)9-17(14)10-3-2-6-16-8-10/h10H,2-9H2,1H3. The maximum absolute atomic E-state index is 12.2. The smallest absolute Gasteiger partial charge is 0.306 e. The summed E-state index contributed by atoms with van der Waals surface area (Å²) in [5.41, 5.74) is -0.0323. The van der Waals surface area contributed by atoms with E-state index in [0.717, 1.165) is 32.3 Å². The van der Waals surface area contributed by atoms with Crippen LogP contribution in [0, 0.1) is 5.41 Å². The van der Waals surface area contributed by atoms with Crippen LogP contribution in [-0.2, 0) is 25.1 Å². The van der Waals surface area contributed by atoms with Crippen molar-refractivity contribution in [1.29, 1.82) is 0 Å². The minimum atomic E-state index is -0.865. The lowest BCUT2D eigenvalue weighted by molar-refractivity contribution is -0.141. The lowest BCUT2D eigenvalue weighted by Gasteiger charge is -2.23. The molecule has 5 heteroatoms. The fourth-order valence-electron chi connectivity index (χ4n) is 2.27. The van der Waals surface area contributed by atoms with Gasteiger partial charge in [-0.25, -0.2) is 0 Å². The van der Waals surface area contributed by atoms with Crippen molar-refractivity contribution in [2.24, 2.45) is 5.41 Å². The summed E-state index contributed by atoms with van der Waals surface area (Å²) in [5.74, 6) is 0.454. The molecule has 1 saturated carbocycles. The van der Waals surface area contributed by atoms with Crippen LogP contribution in [0.3, 0.4) is 0 Å². The van der Waals surface area contributed by atoms with Gasteiger partial charge < -0.3 is 9.47 Å². The van der Waals surface area contributed by atoms with E-state index in [4.69, 9.17) is 9.47 Å². The van der Waals surface area contributed by atoms with Crippen molar-refractivity contribution in [3.63, 3.8) is 0 Å². The first kappa shape index (κ1) is 13.0. The van der Waals surface area contributed by atoms with Gasteiger partial charge in [0.05, 0.1) is 25.4 Å². The average Bonchev–Trinajstić information content (AvgIpc) is 3.09. The van der Waals surface area contributed by atoms with Crippen LogP contribution in [0.15, 0.2) is 0 Å². The summed E-state index contributed by atoms with van der Waals surface area (Å²) in [6, 6.07) is 0. The minimum absolute atomic E-state index is 0.0323. The van der Waals surface area contributed by atoms with E-state index in [-0.39, 0.29) is 16.6 Å². The maximum atomic E-state index is 12.2. The number of hydrogen-bond donors (Lipinski definition) is 0. The number of carbonyl (C=O) groups excluding carboxylic acids is 1. The van der Waals surface area contributed by atoms with Crippen molar-refractivity contribution in [3.05, 3.63) is 0 Å². The highest BCUT2D eigenvalue weighted by molar-refractivity contribution is 7.85. The molecule has 0 aromatic carbocycles. The van der Waals surface area contributed by atoms with Crippen molar-refractivity contribution < 1.29 is 18.5 Å². The lowest BCUT2D eigenvalue weighted by Crippen LogP contribution is -2.31. The molecule has 1 aliphatic heterocycles. The van der Waals surface area contributed by atoms with Gasteiger partial charge in [-0.1, -0.05) is 0 Å². The molecule has 0 bridgehead atoms. The van der Waals surface area contributed by atoms with E-state index in [0.29, 0.717) is 18.8 Å². The van der Waals surface area contributed by atoms with E-state index < -0.39 is 10.8 Å². The number of ether oxygens (including phenoxy) is 2. The van der Waals surface area contributed by atoms with Gasteiger partial charge in [-0.2, -0.15) is 0 Å². The molecule has 4 nitrogen and oxygen atoms in total. The van der Waals surface area contributed by atoms with Gasteiger partial charge in [0.1, 0.15) is 0 Å². The van der Waals surface area contributed by atoms with E-state index >= 15 is 0 Å². The Labute approximate surface area is 105 Å². The van der Waals surface area contributed by atoms with Gasteiger partial charge >= 0.3 is 5.97 Å². The Balaban J connectivity index is 1.83. The zero-order valence-electron chi connectivity index (χ0n) is 10.3. The van der Waals surface area contributed by atoms with Crippen LogP contribution >= 0.6 is 0 Å². The fourth-order valence-corrected chi connectivity index (χ4v) is 4.17. The second-order valence-corrected chi connectivity index (χ2v) is 6.83. The Morgan fingerprint density at radius 3 is 2.82 bits per heavy atom. The molecule has 2 aliphatic rings. The quantitative estimate of drug-likeness (QED) is 0.698. The molecule has 2 rings (SSSR count). The molecule has 1 aliphatic carbocycles. The Kier molecular flexibility index (Phi) is 4.20. The highest BCUT2D eigenvalue weighted by atomic mass is 32.2. The van der Waals surface area contributed by atoms with Gasteiger partial charge in [-0.3, -0.25) is 9.00 Å². The second-order valence-electron chi connectivity index (χ2n) is 5.12. The molecule has 2 unspecified atom stereocenters. The van der Waals surface area contributed by atoms with Crippen LogP contribution in [0.1, 0.15) is 32.1 Å². The fraction of sp³-hybridized carbons (Fsp3) is 0.917. The highest BCUT2D eigenvalue weighted by Crippen LogP contribution is 2.50. The number of rotatable bonds is 5. The SMILES string of the molecule is COC(=O)CC1(CS(=O)C2CCCOC2)CC1. The van der Waals surface area contributed by atoms with Gasteiger partial charge in [0, 0.05) is 23.2 Å². The van der Waals surface area contributed by atoms with E-state index in [2.05, 4.69) is 0 Å². The first-order chi connectivity index (χ1) is 8.15. The second kappa shape index (κ2) is 5.48. The molecule has 0 radical (unpaired) electrons. The molecule has 1 heterocycles. The summed E-state index contributed by atoms with van der Waals surface area (Å²) < 4.78 is 22.2.